The predicted octanol–water partition coefficient (Wildman–Crippen LogP) is 2.90. The molecule has 0 atom stereocenters. The molecule has 0 aliphatic rings. The van der Waals surface area contributed by atoms with Crippen molar-refractivity contribution >= 4 is 11.6 Å². The highest BCUT2D eigenvalue weighted by molar-refractivity contribution is 5.98. The van der Waals surface area contributed by atoms with Gasteiger partial charge in [0.05, 0.1) is 6.42 Å². The maximum Gasteiger partial charge on any atom is 0.144 e. The summed E-state index contributed by atoms with van der Waals surface area (Å²) in [4.78, 5) is 22.2. The van der Waals surface area contributed by atoms with E-state index in [2.05, 4.69) is 13.8 Å². The van der Waals surface area contributed by atoms with Gasteiger partial charge < -0.3 is 0 Å². The van der Waals surface area contributed by atoms with E-state index in [1.54, 1.807) is 0 Å². The summed E-state index contributed by atoms with van der Waals surface area (Å²) < 4.78 is 0. The molecule has 0 fully saturated rings. The van der Waals surface area contributed by atoms with Gasteiger partial charge in [0, 0.05) is 6.42 Å². The van der Waals surface area contributed by atoms with Gasteiger partial charge in [-0.3, -0.25) is 9.59 Å². The summed E-state index contributed by atoms with van der Waals surface area (Å²) in [5.41, 5.74) is 2.25. The molecule has 0 heterocycles. The first kappa shape index (κ1) is 12.6. The minimum Gasteiger partial charge on any atom is -0.300 e. The fraction of sp³-hybridized carbons (Fsp3) is 0.429. The summed E-state index contributed by atoms with van der Waals surface area (Å²) in [7, 11) is 0. The Morgan fingerprint density at radius 1 is 1.12 bits per heavy atom. The van der Waals surface area contributed by atoms with Gasteiger partial charge in [0.15, 0.2) is 0 Å². The van der Waals surface area contributed by atoms with Crippen molar-refractivity contribution in [3.05, 3.63) is 35.4 Å². The fourth-order valence-electron chi connectivity index (χ4n) is 1.59. The quantitative estimate of drug-likeness (QED) is 0.712. The van der Waals surface area contributed by atoms with Gasteiger partial charge in [-0.25, -0.2) is 0 Å². The largest absolute Gasteiger partial charge is 0.300 e. The zero-order valence-electron chi connectivity index (χ0n) is 10.1. The number of rotatable bonds is 5. The van der Waals surface area contributed by atoms with Gasteiger partial charge in [0.2, 0.25) is 0 Å². The standard InChI is InChI=1S/C14H18O2/c1-10(2)13-6-4-12(5-7-13)9-14(16)8-11(3)15/h4-7,10H,8-9H2,1-3H3. The Hall–Kier alpha value is -1.44. The molecule has 16 heavy (non-hydrogen) atoms. The van der Waals surface area contributed by atoms with E-state index in [0.717, 1.165) is 5.56 Å². The van der Waals surface area contributed by atoms with E-state index in [4.69, 9.17) is 0 Å². The summed E-state index contributed by atoms with van der Waals surface area (Å²) in [6, 6.07) is 8.02. The van der Waals surface area contributed by atoms with Crippen LogP contribution in [0, 0.1) is 0 Å². The fourth-order valence-corrected chi connectivity index (χ4v) is 1.59. The Morgan fingerprint density at radius 2 is 1.69 bits per heavy atom. The SMILES string of the molecule is CC(=O)CC(=O)Cc1ccc(C(C)C)cc1. The molecule has 2 nitrogen and oxygen atoms in total. The van der Waals surface area contributed by atoms with Crippen molar-refractivity contribution in [1.82, 2.24) is 0 Å². The average Bonchev–Trinajstić information content (AvgIpc) is 2.16. The molecule has 1 aromatic rings. The number of carbonyl (C=O) groups excluding carboxylic acids is 2. The molecule has 0 aromatic heterocycles. The van der Waals surface area contributed by atoms with Crippen LogP contribution in [0.1, 0.15) is 44.2 Å². The van der Waals surface area contributed by atoms with Gasteiger partial charge in [-0.15, -0.1) is 0 Å². The van der Waals surface area contributed by atoms with Crippen LogP contribution in [0.4, 0.5) is 0 Å². The van der Waals surface area contributed by atoms with E-state index in [9.17, 15) is 9.59 Å². The molecule has 0 saturated carbocycles. The highest BCUT2D eigenvalue weighted by Crippen LogP contribution is 2.15. The smallest absolute Gasteiger partial charge is 0.144 e. The molecule has 0 unspecified atom stereocenters. The average molecular weight is 218 g/mol. The zero-order chi connectivity index (χ0) is 12.1. The molecular formula is C14H18O2. The van der Waals surface area contributed by atoms with E-state index in [1.807, 2.05) is 24.3 Å². The van der Waals surface area contributed by atoms with Crippen molar-refractivity contribution in [3.8, 4) is 0 Å². The van der Waals surface area contributed by atoms with Crippen LogP contribution < -0.4 is 0 Å². The van der Waals surface area contributed by atoms with E-state index in [-0.39, 0.29) is 18.0 Å². The topological polar surface area (TPSA) is 34.1 Å². The van der Waals surface area contributed by atoms with Crippen molar-refractivity contribution in [2.45, 2.75) is 39.5 Å². The first-order chi connectivity index (χ1) is 7.49. The van der Waals surface area contributed by atoms with Crippen molar-refractivity contribution < 1.29 is 9.59 Å². The Morgan fingerprint density at radius 3 is 2.12 bits per heavy atom. The molecule has 0 amide bonds. The molecule has 1 aromatic carbocycles. The first-order valence-electron chi connectivity index (χ1n) is 5.59. The summed E-state index contributed by atoms with van der Waals surface area (Å²) in [5, 5.41) is 0. The molecule has 0 N–H and O–H groups in total. The molecule has 0 saturated heterocycles. The number of Topliss-reactive ketones (excluding diaryl/α,β-unsaturated/α-hetero) is 2. The molecule has 0 radical (unpaired) electrons. The summed E-state index contributed by atoms with van der Waals surface area (Å²) in [6.45, 7) is 5.71. The number of benzene rings is 1. The lowest BCUT2D eigenvalue weighted by Gasteiger charge is -2.06. The van der Waals surface area contributed by atoms with Crippen molar-refractivity contribution in [2.75, 3.05) is 0 Å². The van der Waals surface area contributed by atoms with Crippen LogP contribution in [0.25, 0.3) is 0 Å². The highest BCUT2D eigenvalue weighted by Gasteiger charge is 2.07. The maximum atomic E-state index is 11.4. The van der Waals surface area contributed by atoms with Crippen molar-refractivity contribution in [3.63, 3.8) is 0 Å². The lowest BCUT2D eigenvalue weighted by molar-refractivity contribution is -0.125. The molecule has 2 heteroatoms. The Bertz CT molecular complexity index is 374. The molecule has 86 valence electrons. The second-order valence-corrected chi connectivity index (χ2v) is 4.49. The van der Waals surface area contributed by atoms with Gasteiger partial charge in [0.1, 0.15) is 11.6 Å². The minimum atomic E-state index is -0.0659. The Balaban J connectivity index is 2.62. The molecule has 0 spiro atoms. The molecule has 0 aliphatic heterocycles. The minimum absolute atomic E-state index is 0.00945. The molecule has 1 rings (SSSR count). The van der Waals surface area contributed by atoms with Gasteiger partial charge in [-0.05, 0) is 24.0 Å². The molecule has 0 bridgehead atoms. The molecular weight excluding hydrogens is 200 g/mol. The van der Waals surface area contributed by atoms with Crippen molar-refractivity contribution in [2.24, 2.45) is 0 Å². The molecule has 0 aliphatic carbocycles. The van der Waals surface area contributed by atoms with Crippen LogP contribution in [0.15, 0.2) is 24.3 Å². The van der Waals surface area contributed by atoms with Crippen LogP contribution in [-0.4, -0.2) is 11.6 Å². The van der Waals surface area contributed by atoms with E-state index in [0.29, 0.717) is 12.3 Å². The van der Waals surface area contributed by atoms with E-state index < -0.39 is 0 Å². The van der Waals surface area contributed by atoms with E-state index >= 15 is 0 Å². The van der Waals surface area contributed by atoms with Gasteiger partial charge in [-0.2, -0.15) is 0 Å². The summed E-state index contributed by atoms with van der Waals surface area (Å²) in [6.07, 6.45) is 0.407. The van der Waals surface area contributed by atoms with Crippen LogP contribution in [0.5, 0.6) is 0 Å². The van der Waals surface area contributed by atoms with Crippen LogP contribution >= 0.6 is 0 Å². The van der Waals surface area contributed by atoms with E-state index in [1.165, 1.54) is 12.5 Å². The van der Waals surface area contributed by atoms with Crippen LogP contribution in [0.2, 0.25) is 0 Å². The van der Waals surface area contributed by atoms with Gasteiger partial charge >= 0.3 is 0 Å². The van der Waals surface area contributed by atoms with Gasteiger partial charge in [-0.1, -0.05) is 38.1 Å². The number of ketones is 2. The second kappa shape index (κ2) is 5.59. The number of carbonyl (C=O) groups is 2. The summed E-state index contributed by atoms with van der Waals surface area (Å²) >= 11 is 0. The summed E-state index contributed by atoms with van der Waals surface area (Å²) in [5.74, 6) is 0.426. The third kappa shape index (κ3) is 3.97. The van der Waals surface area contributed by atoms with Crippen LogP contribution in [0.3, 0.4) is 0 Å². The third-order valence-corrected chi connectivity index (χ3v) is 2.49. The second-order valence-electron chi connectivity index (χ2n) is 4.49. The maximum absolute atomic E-state index is 11.4. The van der Waals surface area contributed by atoms with Crippen molar-refractivity contribution in [1.29, 1.82) is 0 Å². The predicted molar refractivity (Wildman–Crippen MR) is 64.5 cm³/mol. The Kier molecular flexibility index (Phi) is 4.41. The zero-order valence-corrected chi connectivity index (χ0v) is 10.1. The normalized spacial score (nSPS) is 10.5. The monoisotopic (exact) mass is 218 g/mol. The van der Waals surface area contributed by atoms with Gasteiger partial charge in [0.25, 0.3) is 0 Å². The number of hydrogen-bond donors (Lipinski definition) is 0. The highest BCUT2D eigenvalue weighted by atomic mass is 16.1. The lowest BCUT2D eigenvalue weighted by Crippen LogP contribution is -2.07. The van der Waals surface area contributed by atoms with Crippen LogP contribution in [-0.2, 0) is 16.0 Å². The lowest BCUT2D eigenvalue weighted by atomic mass is 9.99. The number of hydrogen-bond acceptors (Lipinski definition) is 2. The third-order valence-electron chi connectivity index (χ3n) is 2.49. The Labute approximate surface area is 96.7 Å². The first-order valence-corrected chi connectivity index (χ1v) is 5.59.